The second-order valence-electron chi connectivity index (χ2n) is 4.37. The van der Waals surface area contributed by atoms with Crippen LogP contribution in [0.25, 0.3) is 0 Å². The van der Waals surface area contributed by atoms with Crippen LogP contribution in [0.1, 0.15) is 26.2 Å². The number of rotatable bonds is 5. The zero-order valence-electron chi connectivity index (χ0n) is 10.6. The summed E-state index contributed by atoms with van der Waals surface area (Å²) in [5.74, 6) is 4.22. The van der Waals surface area contributed by atoms with Crippen molar-refractivity contribution >= 4 is 39.3 Å². The van der Waals surface area contributed by atoms with Gasteiger partial charge in [0.15, 0.2) is 0 Å². The minimum Gasteiger partial charge on any atom is -0.369 e. The van der Waals surface area contributed by atoms with Crippen LogP contribution in [0.4, 0.5) is 11.6 Å². The molecule has 4 nitrogen and oxygen atoms in total. The van der Waals surface area contributed by atoms with E-state index in [1.54, 1.807) is 6.33 Å². The molecule has 0 amide bonds. The Labute approximate surface area is 121 Å². The summed E-state index contributed by atoms with van der Waals surface area (Å²) in [6.07, 6.45) is 5.20. The summed E-state index contributed by atoms with van der Waals surface area (Å²) in [5.41, 5.74) is 0. The Kier molecular flexibility index (Phi) is 5.56. The van der Waals surface area contributed by atoms with E-state index >= 15 is 0 Å². The van der Waals surface area contributed by atoms with E-state index in [4.69, 9.17) is 0 Å². The van der Waals surface area contributed by atoms with Crippen molar-refractivity contribution in [1.82, 2.24) is 9.97 Å². The predicted molar refractivity (Wildman–Crippen MR) is 82.5 cm³/mol. The molecule has 1 fully saturated rings. The fraction of sp³-hybridized carbons (Fsp3) is 0.667. The third kappa shape index (κ3) is 3.75. The molecule has 0 aromatic carbocycles. The largest absolute Gasteiger partial charge is 0.369 e. The number of nitrogens with zero attached hydrogens (tertiary/aromatic N) is 2. The van der Waals surface area contributed by atoms with Crippen molar-refractivity contribution in [1.29, 1.82) is 0 Å². The average Bonchev–Trinajstić information content (AvgIpc) is 2.41. The zero-order valence-corrected chi connectivity index (χ0v) is 13.0. The molecule has 2 N–H and O–H groups in total. The lowest BCUT2D eigenvalue weighted by molar-refractivity contribution is 0.681. The molecule has 6 heteroatoms. The maximum absolute atomic E-state index is 4.32. The van der Waals surface area contributed by atoms with Gasteiger partial charge in [-0.05, 0) is 40.9 Å². The maximum atomic E-state index is 4.32. The van der Waals surface area contributed by atoms with Gasteiger partial charge in [0.2, 0.25) is 0 Å². The molecule has 0 spiro atoms. The summed E-state index contributed by atoms with van der Waals surface area (Å²) in [4.78, 5) is 8.58. The number of aromatic nitrogens is 2. The highest BCUT2D eigenvalue weighted by Gasteiger charge is 2.16. The quantitative estimate of drug-likeness (QED) is 0.866. The van der Waals surface area contributed by atoms with Crippen molar-refractivity contribution < 1.29 is 0 Å². The highest BCUT2D eigenvalue weighted by molar-refractivity contribution is 9.10. The van der Waals surface area contributed by atoms with Gasteiger partial charge in [0.1, 0.15) is 22.4 Å². The maximum Gasteiger partial charge on any atom is 0.146 e. The van der Waals surface area contributed by atoms with Crippen molar-refractivity contribution in [3.63, 3.8) is 0 Å². The lowest BCUT2D eigenvalue weighted by Gasteiger charge is -2.23. The molecule has 1 aliphatic heterocycles. The van der Waals surface area contributed by atoms with Crippen LogP contribution in [-0.4, -0.2) is 34.1 Å². The zero-order chi connectivity index (χ0) is 12.8. The van der Waals surface area contributed by atoms with Crippen molar-refractivity contribution in [2.45, 2.75) is 32.2 Å². The summed E-state index contributed by atoms with van der Waals surface area (Å²) in [5, 5.41) is 6.80. The number of hydrogen-bond acceptors (Lipinski definition) is 5. The highest BCUT2D eigenvalue weighted by atomic mass is 79.9. The van der Waals surface area contributed by atoms with Gasteiger partial charge in [-0.3, -0.25) is 0 Å². The number of anilines is 2. The molecule has 0 aliphatic carbocycles. The smallest absolute Gasteiger partial charge is 0.146 e. The minimum absolute atomic E-state index is 0.522. The van der Waals surface area contributed by atoms with Gasteiger partial charge < -0.3 is 10.6 Å². The molecule has 1 atom stereocenters. The van der Waals surface area contributed by atoms with Gasteiger partial charge in [-0.1, -0.05) is 6.92 Å². The summed E-state index contributed by atoms with van der Waals surface area (Å²) >= 11 is 5.59. The van der Waals surface area contributed by atoms with Crippen LogP contribution in [0.3, 0.4) is 0 Å². The van der Waals surface area contributed by atoms with Gasteiger partial charge in [0.05, 0.1) is 0 Å². The van der Waals surface area contributed by atoms with E-state index < -0.39 is 0 Å². The average molecular weight is 331 g/mol. The molecule has 1 unspecified atom stereocenters. The first-order valence-corrected chi connectivity index (χ1v) is 8.34. The fourth-order valence-electron chi connectivity index (χ4n) is 1.89. The summed E-state index contributed by atoms with van der Waals surface area (Å²) < 4.78 is 0.939. The topological polar surface area (TPSA) is 49.8 Å². The number of hydrogen-bond donors (Lipinski definition) is 2. The summed E-state index contributed by atoms with van der Waals surface area (Å²) in [6.45, 7) is 3.06. The monoisotopic (exact) mass is 330 g/mol. The first kappa shape index (κ1) is 13.9. The van der Waals surface area contributed by atoms with E-state index in [1.165, 1.54) is 18.6 Å². The number of nitrogens with one attached hydrogen (secondary N) is 2. The molecule has 2 heterocycles. The van der Waals surface area contributed by atoms with E-state index in [0.717, 1.165) is 34.8 Å². The van der Waals surface area contributed by atoms with Crippen LogP contribution >= 0.6 is 27.7 Å². The van der Waals surface area contributed by atoms with Gasteiger partial charge in [-0.25, -0.2) is 9.97 Å². The first-order chi connectivity index (χ1) is 8.81. The molecule has 1 saturated heterocycles. The molecule has 1 aromatic heterocycles. The standard InChI is InChI=1S/C12H19BrN4S/c1-2-5-14-11-10(13)12(16-8-15-11)17-9-4-3-6-18-7-9/h8-9H,2-7H2,1H3,(H2,14,15,16,17). The molecule has 18 heavy (non-hydrogen) atoms. The number of halogens is 1. The van der Waals surface area contributed by atoms with Crippen molar-refractivity contribution in [2.24, 2.45) is 0 Å². The van der Waals surface area contributed by atoms with Crippen molar-refractivity contribution in [2.75, 3.05) is 28.7 Å². The lowest BCUT2D eigenvalue weighted by Crippen LogP contribution is -2.26. The Balaban J connectivity index is 2.02. The normalized spacial score (nSPS) is 19.6. The SMILES string of the molecule is CCCNc1ncnc(NC2CCCSC2)c1Br. The van der Waals surface area contributed by atoms with E-state index in [2.05, 4.69) is 43.5 Å². The van der Waals surface area contributed by atoms with Crippen LogP contribution in [0.15, 0.2) is 10.8 Å². The molecule has 0 radical (unpaired) electrons. The third-order valence-electron chi connectivity index (χ3n) is 2.83. The van der Waals surface area contributed by atoms with Crippen LogP contribution in [-0.2, 0) is 0 Å². The lowest BCUT2D eigenvalue weighted by atomic mass is 10.2. The van der Waals surface area contributed by atoms with Gasteiger partial charge in [-0.15, -0.1) is 0 Å². The van der Waals surface area contributed by atoms with E-state index in [9.17, 15) is 0 Å². The molecule has 0 bridgehead atoms. The fourth-order valence-corrected chi connectivity index (χ4v) is 3.42. The van der Waals surface area contributed by atoms with Gasteiger partial charge in [0.25, 0.3) is 0 Å². The second-order valence-corrected chi connectivity index (χ2v) is 6.31. The van der Waals surface area contributed by atoms with Gasteiger partial charge >= 0.3 is 0 Å². The molecule has 1 aromatic rings. The van der Waals surface area contributed by atoms with Crippen LogP contribution in [0.5, 0.6) is 0 Å². The van der Waals surface area contributed by atoms with Gasteiger partial charge in [0, 0.05) is 18.3 Å². The Morgan fingerprint density at radius 2 is 2.28 bits per heavy atom. The first-order valence-electron chi connectivity index (χ1n) is 6.40. The van der Waals surface area contributed by atoms with E-state index in [0.29, 0.717) is 6.04 Å². The third-order valence-corrected chi connectivity index (χ3v) is 4.80. The van der Waals surface area contributed by atoms with Crippen molar-refractivity contribution in [3.05, 3.63) is 10.8 Å². The van der Waals surface area contributed by atoms with E-state index in [-0.39, 0.29) is 0 Å². The second kappa shape index (κ2) is 7.19. The van der Waals surface area contributed by atoms with Crippen LogP contribution < -0.4 is 10.6 Å². The predicted octanol–water partition coefficient (Wildman–Crippen LogP) is 3.37. The highest BCUT2D eigenvalue weighted by Crippen LogP contribution is 2.28. The minimum atomic E-state index is 0.522. The van der Waals surface area contributed by atoms with E-state index in [1.807, 2.05) is 11.8 Å². The number of thioether (sulfide) groups is 1. The Hall–Kier alpha value is -0.490. The summed E-state index contributed by atoms with van der Waals surface area (Å²) in [6, 6.07) is 0.522. The molecular formula is C12H19BrN4S. The Morgan fingerprint density at radius 3 is 3.00 bits per heavy atom. The molecule has 2 rings (SSSR count). The Bertz CT molecular complexity index is 382. The van der Waals surface area contributed by atoms with Crippen LogP contribution in [0.2, 0.25) is 0 Å². The molecule has 100 valence electrons. The van der Waals surface area contributed by atoms with Gasteiger partial charge in [-0.2, -0.15) is 11.8 Å². The molecule has 0 saturated carbocycles. The van der Waals surface area contributed by atoms with Crippen LogP contribution in [0, 0.1) is 0 Å². The summed E-state index contributed by atoms with van der Waals surface area (Å²) in [7, 11) is 0. The molecular weight excluding hydrogens is 312 g/mol. The molecule has 1 aliphatic rings. The van der Waals surface area contributed by atoms with Crippen molar-refractivity contribution in [3.8, 4) is 0 Å². The Morgan fingerprint density at radius 1 is 1.44 bits per heavy atom.